The Morgan fingerprint density at radius 1 is 0.846 bits per heavy atom. The quantitative estimate of drug-likeness (QED) is 0.551. The smallest absolute Gasteiger partial charge is 0.313 e. The van der Waals surface area contributed by atoms with E-state index >= 15 is 0 Å². The summed E-state index contributed by atoms with van der Waals surface area (Å²) in [7, 11) is 0. The van der Waals surface area contributed by atoms with Gasteiger partial charge in [-0.05, 0) is 69.6 Å². The van der Waals surface area contributed by atoms with Gasteiger partial charge in [0, 0.05) is 18.4 Å². The van der Waals surface area contributed by atoms with Crippen LogP contribution in [0.4, 0.5) is 17.6 Å². The molecule has 2 saturated carbocycles. The third kappa shape index (κ3) is 4.73. The van der Waals surface area contributed by atoms with Gasteiger partial charge in [0.05, 0.1) is 6.10 Å². The lowest BCUT2D eigenvalue weighted by molar-refractivity contribution is -0.270. The minimum absolute atomic E-state index is 0.0148. The minimum Gasteiger partial charge on any atom is -0.396 e. The van der Waals surface area contributed by atoms with Gasteiger partial charge in [-0.25, -0.2) is 0 Å². The van der Waals surface area contributed by atoms with Crippen molar-refractivity contribution in [3.63, 3.8) is 0 Å². The van der Waals surface area contributed by atoms with Crippen molar-refractivity contribution in [2.75, 3.05) is 6.61 Å². The van der Waals surface area contributed by atoms with Crippen molar-refractivity contribution in [1.82, 2.24) is 0 Å². The molecule has 2 aliphatic carbocycles. The highest BCUT2D eigenvalue weighted by molar-refractivity contribution is 4.98. The summed E-state index contributed by atoms with van der Waals surface area (Å²) in [6, 6.07) is 0. The number of aliphatic hydroxyl groups is 2. The third-order valence-electron chi connectivity index (χ3n) is 6.75. The van der Waals surface area contributed by atoms with Gasteiger partial charge in [-0.2, -0.15) is 17.6 Å². The molecule has 1 unspecified atom stereocenters. The number of rotatable bonds is 8. The Morgan fingerprint density at radius 3 is 1.73 bits per heavy atom. The molecule has 0 saturated heterocycles. The van der Waals surface area contributed by atoms with E-state index in [1.54, 1.807) is 0 Å². The number of alkyl halides is 4. The Morgan fingerprint density at radius 2 is 1.31 bits per heavy atom. The second-order valence-electron chi connectivity index (χ2n) is 8.44. The summed E-state index contributed by atoms with van der Waals surface area (Å²) in [6.07, 6.45) is 3.79. The second kappa shape index (κ2) is 9.22. The van der Waals surface area contributed by atoms with Crippen LogP contribution in [0.15, 0.2) is 0 Å². The van der Waals surface area contributed by atoms with Gasteiger partial charge < -0.3 is 10.2 Å². The molecule has 0 amide bonds. The first kappa shape index (κ1) is 21.9. The van der Waals surface area contributed by atoms with Gasteiger partial charge in [0.2, 0.25) is 0 Å². The molecular formula is C20H34F4O2. The van der Waals surface area contributed by atoms with Crippen LogP contribution in [0.1, 0.15) is 77.6 Å². The molecule has 2 N–H and O–H groups in total. The fraction of sp³-hybridized carbons (Fsp3) is 1.00. The zero-order valence-corrected chi connectivity index (χ0v) is 15.8. The van der Waals surface area contributed by atoms with Crippen LogP contribution in [0.25, 0.3) is 0 Å². The number of halogens is 4. The van der Waals surface area contributed by atoms with Gasteiger partial charge in [-0.1, -0.05) is 19.8 Å². The molecule has 0 heterocycles. The van der Waals surface area contributed by atoms with Crippen molar-refractivity contribution in [1.29, 1.82) is 0 Å². The predicted molar refractivity (Wildman–Crippen MR) is 93.4 cm³/mol. The highest BCUT2D eigenvalue weighted by atomic mass is 19.3. The fourth-order valence-electron chi connectivity index (χ4n) is 5.00. The fourth-order valence-corrected chi connectivity index (χ4v) is 5.00. The second-order valence-corrected chi connectivity index (χ2v) is 8.44. The van der Waals surface area contributed by atoms with Crippen molar-refractivity contribution in [2.45, 2.75) is 95.5 Å². The van der Waals surface area contributed by atoms with E-state index in [-0.39, 0.29) is 44.6 Å². The molecule has 0 radical (unpaired) electrons. The molecule has 6 heteroatoms. The maximum atomic E-state index is 14.7. The summed E-state index contributed by atoms with van der Waals surface area (Å²) in [5, 5.41) is 18.8. The highest BCUT2D eigenvalue weighted by Gasteiger charge is 2.64. The molecule has 0 aromatic rings. The molecule has 0 bridgehead atoms. The van der Waals surface area contributed by atoms with E-state index in [0.29, 0.717) is 31.6 Å². The lowest BCUT2D eigenvalue weighted by Gasteiger charge is -2.42. The van der Waals surface area contributed by atoms with Gasteiger partial charge in [-0.3, -0.25) is 0 Å². The number of hydrogen-bond donors (Lipinski definition) is 2. The molecule has 0 spiro atoms. The average Bonchev–Trinajstić information content (AvgIpc) is 2.62. The van der Waals surface area contributed by atoms with Crippen LogP contribution in [0.3, 0.4) is 0 Å². The van der Waals surface area contributed by atoms with Gasteiger partial charge in [0.25, 0.3) is 0 Å². The van der Waals surface area contributed by atoms with Crippen LogP contribution in [-0.2, 0) is 0 Å². The topological polar surface area (TPSA) is 40.5 Å². The predicted octanol–water partition coefficient (Wildman–Crippen LogP) is 5.41. The van der Waals surface area contributed by atoms with Gasteiger partial charge in [0.15, 0.2) is 0 Å². The molecule has 0 aromatic carbocycles. The molecule has 2 nitrogen and oxygen atoms in total. The van der Waals surface area contributed by atoms with Gasteiger partial charge in [0.1, 0.15) is 0 Å². The number of aliphatic hydroxyl groups excluding tert-OH is 2. The minimum atomic E-state index is -3.98. The normalized spacial score (nSPS) is 32.4. The first-order chi connectivity index (χ1) is 12.2. The molecule has 0 aromatic heterocycles. The van der Waals surface area contributed by atoms with Crippen LogP contribution < -0.4 is 0 Å². The van der Waals surface area contributed by atoms with Crippen LogP contribution in [0, 0.1) is 23.7 Å². The van der Waals surface area contributed by atoms with Crippen molar-refractivity contribution >= 4 is 0 Å². The largest absolute Gasteiger partial charge is 0.396 e. The van der Waals surface area contributed by atoms with E-state index < -0.39 is 29.8 Å². The summed E-state index contributed by atoms with van der Waals surface area (Å²) < 4.78 is 58.9. The highest BCUT2D eigenvalue weighted by Crippen LogP contribution is 2.53. The molecule has 154 valence electrons. The lowest BCUT2D eigenvalue weighted by Crippen LogP contribution is -2.53. The van der Waals surface area contributed by atoms with E-state index in [2.05, 4.69) is 6.92 Å². The first-order valence-electron chi connectivity index (χ1n) is 10.3. The Balaban J connectivity index is 1.94. The summed E-state index contributed by atoms with van der Waals surface area (Å²) >= 11 is 0. The molecular weight excluding hydrogens is 348 g/mol. The Hall–Kier alpha value is -0.360. The number of hydrogen-bond acceptors (Lipinski definition) is 2. The third-order valence-corrected chi connectivity index (χ3v) is 6.75. The summed E-state index contributed by atoms with van der Waals surface area (Å²) in [5.41, 5.74) is 0. The standard InChI is InChI=1S/C20H34F4O2/c1-2-3-14-4-8-16(9-5-14)19(21,22)20(23,24)17-10-6-15(7-11-17)18(26)12-13-25/h14-18,25-26H,2-13H2,1H3. The lowest BCUT2D eigenvalue weighted by atomic mass is 9.70. The average molecular weight is 382 g/mol. The van der Waals surface area contributed by atoms with Crippen molar-refractivity contribution in [3.05, 3.63) is 0 Å². The van der Waals surface area contributed by atoms with Gasteiger partial charge >= 0.3 is 11.8 Å². The van der Waals surface area contributed by atoms with E-state index in [1.165, 1.54) is 0 Å². The molecule has 2 aliphatic rings. The molecule has 2 fully saturated rings. The van der Waals surface area contributed by atoms with Crippen molar-refractivity contribution < 1.29 is 27.8 Å². The maximum Gasteiger partial charge on any atom is 0.313 e. The Labute approximate surface area is 154 Å². The summed E-state index contributed by atoms with van der Waals surface area (Å²) in [6.45, 7) is 1.90. The van der Waals surface area contributed by atoms with E-state index in [4.69, 9.17) is 5.11 Å². The maximum absolute atomic E-state index is 14.7. The van der Waals surface area contributed by atoms with E-state index in [0.717, 1.165) is 12.8 Å². The Bertz CT molecular complexity index is 414. The van der Waals surface area contributed by atoms with Gasteiger partial charge in [-0.15, -0.1) is 0 Å². The van der Waals surface area contributed by atoms with Crippen LogP contribution >= 0.6 is 0 Å². The summed E-state index contributed by atoms with van der Waals surface area (Å²) in [4.78, 5) is 0. The zero-order chi connectivity index (χ0) is 19.4. The molecule has 26 heavy (non-hydrogen) atoms. The molecule has 1 atom stereocenters. The molecule has 2 rings (SSSR count). The monoisotopic (exact) mass is 382 g/mol. The van der Waals surface area contributed by atoms with E-state index in [1.807, 2.05) is 0 Å². The van der Waals surface area contributed by atoms with Crippen LogP contribution in [-0.4, -0.2) is 34.8 Å². The SMILES string of the molecule is CCCC1CCC(C(F)(F)C(F)(F)C2CCC(C(O)CCO)CC2)CC1. The Kier molecular flexibility index (Phi) is 7.78. The first-order valence-corrected chi connectivity index (χ1v) is 10.3. The molecule has 0 aliphatic heterocycles. The van der Waals surface area contributed by atoms with Crippen LogP contribution in [0.5, 0.6) is 0 Å². The van der Waals surface area contributed by atoms with Crippen molar-refractivity contribution in [3.8, 4) is 0 Å². The van der Waals surface area contributed by atoms with Crippen LogP contribution in [0.2, 0.25) is 0 Å². The zero-order valence-electron chi connectivity index (χ0n) is 15.8. The van der Waals surface area contributed by atoms with Crippen molar-refractivity contribution in [2.24, 2.45) is 23.7 Å². The summed E-state index contributed by atoms with van der Waals surface area (Å²) in [5.74, 6) is -10.2. The van der Waals surface area contributed by atoms with E-state index in [9.17, 15) is 22.7 Å².